The first kappa shape index (κ1) is 16.3. The Labute approximate surface area is 137 Å². The molecule has 0 bridgehead atoms. The Balaban J connectivity index is 0.00000176. The maximum absolute atomic E-state index is 4.65. The summed E-state index contributed by atoms with van der Waals surface area (Å²) in [5, 5.41) is 1.28. The van der Waals surface area contributed by atoms with Gasteiger partial charge in [-0.2, -0.15) is 0 Å². The van der Waals surface area contributed by atoms with Crippen LogP contribution in [-0.4, -0.2) is 9.55 Å². The van der Waals surface area contributed by atoms with Crippen LogP contribution in [0.4, 0.5) is 0 Å². The van der Waals surface area contributed by atoms with E-state index in [-0.39, 0.29) is 12.4 Å². The predicted molar refractivity (Wildman–Crippen MR) is 96.8 cm³/mol. The lowest BCUT2D eigenvalue weighted by atomic mass is 10.1. The highest BCUT2D eigenvalue weighted by Crippen LogP contribution is 2.32. The van der Waals surface area contributed by atoms with E-state index in [0.717, 1.165) is 17.8 Å². The number of aromatic nitrogens is 2. The summed E-state index contributed by atoms with van der Waals surface area (Å²) in [5.41, 5.74) is 7.28. The summed E-state index contributed by atoms with van der Waals surface area (Å²) >= 11 is 0. The van der Waals surface area contributed by atoms with E-state index >= 15 is 0 Å². The molecule has 3 heteroatoms. The van der Waals surface area contributed by atoms with Gasteiger partial charge in [0.15, 0.2) is 0 Å². The molecule has 0 atom stereocenters. The van der Waals surface area contributed by atoms with Crippen LogP contribution >= 0.6 is 12.4 Å². The normalized spacial score (nSPS) is 10.5. The van der Waals surface area contributed by atoms with Crippen molar-refractivity contribution in [2.24, 2.45) is 0 Å². The zero-order chi connectivity index (χ0) is 15.0. The summed E-state index contributed by atoms with van der Waals surface area (Å²) in [6.45, 7) is 11.1. The minimum atomic E-state index is 0. The van der Waals surface area contributed by atoms with Crippen molar-refractivity contribution in [3.8, 4) is 11.3 Å². The van der Waals surface area contributed by atoms with Crippen molar-refractivity contribution in [2.75, 3.05) is 0 Å². The largest absolute Gasteiger partial charge is 0.339 e. The van der Waals surface area contributed by atoms with Crippen LogP contribution in [0.5, 0.6) is 0 Å². The molecule has 0 aliphatic rings. The van der Waals surface area contributed by atoms with Crippen LogP contribution in [0, 0.1) is 20.8 Å². The number of halogens is 1. The van der Waals surface area contributed by atoms with Crippen molar-refractivity contribution in [1.82, 2.24) is 9.55 Å². The lowest BCUT2D eigenvalue weighted by Gasteiger charge is -2.09. The SMILES string of the molecule is C=CCn1c(C)c(C)c2ccnc(-c3ccc(C)cc3)c21.Cl. The third kappa shape index (κ3) is 2.55. The molecule has 0 fully saturated rings. The molecule has 22 heavy (non-hydrogen) atoms. The van der Waals surface area contributed by atoms with Gasteiger partial charge in [0.25, 0.3) is 0 Å². The molecule has 2 aromatic heterocycles. The van der Waals surface area contributed by atoms with E-state index in [0.29, 0.717) is 0 Å². The molecule has 0 aliphatic heterocycles. The van der Waals surface area contributed by atoms with Gasteiger partial charge in [0.2, 0.25) is 0 Å². The average Bonchev–Trinajstić information content (AvgIpc) is 2.74. The van der Waals surface area contributed by atoms with Crippen LogP contribution in [-0.2, 0) is 6.54 Å². The van der Waals surface area contributed by atoms with Crippen LogP contribution < -0.4 is 0 Å². The fourth-order valence-electron chi connectivity index (χ4n) is 2.87. The van der Waals surface area contributed by atoms with Gasteiger partial charge in [0.05, 0.1) is 11.2 Å². The Hall–Kier alpha value is -2.06. The molecular weight excluding hydrogens is 292 g/mol. The molecule has 0 saturated carbocycles. The summed E-state index contributed by atoms with van der Waals surface area (Å²) in [6.07, 6.45) is 3.85. The average molecular weight is 313 g/mol. The van der Waals surface area contributed by atoms with Gasteiger partial charge in [-0.3, -0.25) is 4.98 Å². The second-order valence-corrected chi connectivity index (χ2v) is 5.53. The van der Waals surface area contributed by atoms with E-state index < -0.39 is 0 Å². The van der Waals surface area contributed by atoms with Gasteiger partial charge in [-0.05, 0) is 32.4 Å². The van der Waals surface area contributed by atoms with E-state index in [1.807, 2.05) is 12.3 Å². The van der Waals surface area contributed by atoms with E-state index in [4.69, 9.17) is 0 Å². The third-order valence-electron chi connectivity index (χ3n) is 4.18. The molecule has 0 saturated heterocycles. The Morgan fingerprint density at radius 1 is 1.09 bits per heavy atom. The Bertz CT molecular complexity index is 814. The summed E-state index contributed by atoms with van der Waals surface area (Å²) < 4.78 is 2.31. The minimum Gasteiger partial charge on any atom is -0.339 e. The van der Waals surface area contributed by atoms with Gasteiger partial charge in [0.1, 0.15) is 0 Å². The van der Waals surface area contributed by atoms with Crippen LogP contribution in [0.1, 0.15) is 16.8 Å². The summed E-state index contributed by atoms with van der Waals surface area (Å²) in [5.74, 6) is 0. The maximum Gasteiger partial charge on any atom is 0.0945 e. The standard InChI is InChI=1S/C19H20N2.ClH/c1-5-12-21-15(4)14(3)17-10-11-20-18(19(17)21)16-8-6-13(2)7-9-16;/h5-11H,1,12H2,2-4H3;1H. The highest BCUT2D eigenvalue weighted by atomic mass is 35.5. The van der Waals surface area contributed by atoms with E-state index in [9.17, 15) is 0 Å². The van der Waals surface area contributed by atoms with Crippen molar-refractivity contribution in [3.63, 3.8) is 0 Å². The number of rotatable bonds is 3. The first-order chi connectivity index (χ1) is 10.1. The predicted octanol–water partition coefficient (Wildman–Crippen LogP) is 5.24. The van der Waals surface area contributed by atoms with Gasteiger partial charge >= 0.3 is 0 Å². The number of pyridine rings is 1. The highest BCUT2D eigenvalue weighted by molar-refractivity contribution is 5.95. The molecule has 2 nitrogen and oxygen atoms in total. The van der Waals surface area contributed by atoms with Crippen molar-refractivity contribution in [2.45, 2.75) is 27.3 Å². The van der Waals surface area contributed by atoms with Gasteiger partial charge < -0.3 is 4.57 Å². The highest BCUT2D eigenvalue weighted by Gasteiger charge is 2.15. The van der Waals surface area contributed by atoms with Gasteiger partial charge in [0, 0.05) is 29.4 Å². The second-order valence-electron chi connectivity index (χ2n) is 5.53. The fourth-order valence-corrected chi connectivity index (χ4v) is 2.87. The van der Waals surface area contributed by atoms with Crippen molar-refractivity contribution >= 4 is 23.3 Å². The van der Waals surface area contributed by atoms with Crippen molar-refractivity contribution < 1.29 is 0 Å². The van der Waals surface area contributed by atoms with Crippen LogP contribution in [0.3, 0.4) is 0 Å². The summed E-state index contributed by atoms with van der Waals surface area (Å²) in [7, 11) is 0. The monoisotopic (exact) mass is 312 g/mol. The second kappa shape index (κ2) is 6.37. The zero-order valence-corrected chi connectivity index (χ0v) is 14.1. The third-order valence-corrected chi connectivity index (χ3v) is 4.18. The Morgan fingerprint density at radius 2 is 1.77 bits per heavy atom. The lowest BCUT2D eigenvalue weighted by Crippen LogP contribution is -1.99. The molecule has 2 heterocycles. The number of hydrogen-bond donors (Lipinski definition) is 0. The molecule has 3 aromatic rings. The molecule has 0 aliphatic carbocycles. The van der Waals surface area contributed by atoms with Gasteiger partial charge in [-0.25, -0.2) is 0 Å². The number of nitrogens with zero attached hydrogens (tertiary/aromatic N) is 2. The summed E-state index contributed by atoms with van der Waals surface area (Å²) in [6, 6.07) is 10.7. The van der Waals surface area contributed by atoms with Crippen LogP contribution in [0.2, 0.25) is 0 Å². The molecule has 0 amide bonds. The minimum absolute atomic E-state index is 0. The van der Waals surface area contributed by atoms with E-state index in [1.54, 1.807) is 0 Å². The van der Waals surface area contributed by atoms with Gasteiger partial charge in [-0.1, -0.05) is 35.9 Å². The van der Waals surface area contributed by atoms with Crippen molar-refractivity contribution in [1.29, 1.82) is 0 Å². The van der Waals surface area contributed by atoms with Crippen LogP contribution in [0.15, 0.2) is 49.2 Å². The summed E-state index contributed by atoms with van der Waals surface area (Å²) in [4.78, 5) is 4.65. The molecule has 0 spiro atoms. The Morgan fingerprint density at radius 3 is 2.41 bits per heavy atom. The van der Waals surface area contributed by atoms with E-state index in [2.05, 4.69) is 67.2 Å². The number of benzene rings is 1. The zero-order valence-electron chi connectivity index (χ0n) is 13.3. The quantitative estimate of drug-likeness (QED) is 0.605. The van der Waals surface area contributed by atoms with E-state index in [1.165, 1.54) is 27.7 Å². The van der Waals surface area contributed by atoms with Crippen molar-refractivity contribution in [3.05, 3.63) is 66.0 Å². The van der Waals surface area contributed by atoms with Crippen LogP contribution in [0.25, 0.3) is 22.2 Å². The first-order valence-electron chi connectivity index (χ1n) is 7.26. The van der Waals surface area contributed by atoms with Gasteiger partial charge in [-0.15, -0.1) is 19.0 Å². The maximum atomic E-state index is 4.65. The lowest BCUT2D eigenvalue weighted by molar-refractivity contribution is 0.824. The fraction of sp³-hybridized carbons (Fsp3) is 0.211. The molecule has 0 N–H and O–H groups in total. The Kier molecular flexibility index (Phi) is 4.72. The number of aryl methyl sites for hydroxylation is 2. The molecule has 1 aromatic carbocycles. The molecule has 0 radical (unpaired) electrons. The molecule has 0 unspecified atom stereocenters. The number of hydrogen-bond acceptors (Lipinski definition) is 1. The molecular formula is C19H21ClN2. The topological polar surface area (TPSA) is 17.8 Å². The smallest absolute Gasteiger partial charge is 0.0945 e. The molecule has 114 valence electrons. The number of fused-ring (bicyclic) bond motifs is 1. The molecule has 3 rings (SSSR count). The number of allylic oxidation sites excluding steroid dienone is 1. The first-order valence-corrected chi connectivity index (χ1v) is 7.26.